The van der Waals surface area contributed by atoms with Gasteiger partial charge in [0.15, 0.2) is 0 Å². The van der Waals surface area contributed by atoms with Gasteiger partial charge in [0.1, 0.15) is 23.7 Å². The number of aryl methyl sites for hydroxylation is 2. The topological polar surface area (TPSA) is 135 Å². The highest BCUT2D eigenvalue weighted by Gasteiger charge is 2.74. The molecule has 4 aliphatic rings. The fourth-order valence-electron chi connectivity index (χ4n) is 8.40. The molecule has 9 atom stereocenters. The van der Waals surface area contributed by atoms with Gasteiger partial charge in [0.05, 0.1) is 37.3 Å². The van der Waals surface area contributed by atoms with Crippen LogP contribution >= 0.6 is 0 Å². The minimum absolute atomic E-state index is 0.0629. The van der Waals surface area contributed by atoms with Crippen LogP contribution < -0.4 is 10.2 Å². The van der Waals surface area contributed by atoms with E-state index in [1.54, 1.807) is 17.1 Å². The van der Waals surface area contributed by atoms with Crippen LogP contribution in [0.1, 0.15) is 55.9 Å². The third kappa shape index (κ3) is 6.51. The Morgan fingerprint density at radius 1 is 1.02 bits per heavy atom. The van der Waals surface area contributed by atoms with Crippen LogP contribution in [0.2, 0.25) is 0 Å². The molecular formula is C40H49N3O8. The van der Waals surface area contributed by atoms with Gasteiger partial charge in [-0.05, 0) is 42.9 Å². The Bertz CT molecular complexity index is 1670. The number of allylic oxidation sites excluding steroid dienone is 1. The summed E-state index contributed by atoms with van der Waals surface area (Å²) in [5.74, 6) is -4.05. The second kappa shape index (κ2) is 15.1. The summed E-state index contributed by atoms with van der Waals surface area (Å²) in [6.07, 6.45) is 6.69. The Morgan fingerprint density at radius 2 is 1.75 bits per heavy atom. The van der Waals surface area contributed by atoms with Crippen LogP contribution in [-0.2, 0) is 33.4 Å². The van der Waals surface area contributed by atoms with Crippen molar-refractivity contribution >= 4 is 29.4 Å². The van der Waals surface area contributed by atoms with Gasteiger partial charge in [-0.2, -0.15) is 0 Å². The first-order chi connectivity index (χ1) is 24.6. The number of amides is 3. The number of aliphatic hydroxyl groups is 1. The van der Waals surface area contributed by atoms with Gasteiger partial charge in [-0.25, -0.2) is 0 Å². The van der Waals surface area contributed by atoms with Gasteiger partial charge < -0.3 is 34.4 Å². The number of hydrogen-bond donors (Lipinski definition) is 2. The van der Waals surface area contributed by atoms with Crippen molar-refractivity contribution in [2.45, 2.75) is 82.9 Å². The molecule has 2 fully saturated rings. The molecule has 1 spiro atoms. The zero-order valence-electron chi connectivity index (χ0n) is 30.0. The molecule has 2 saturated heterocycles. The summed E-state index contributed by atoms with van der Waals surface area (Å²) in [4.78, 5) is 61.2. The SMILES string of the molecule is CC[C@H](C)[C@H](CO)N1C(=O)[C@@H]2[C@H]3C(=O)O[C@@H](c4ccccc4)[C@H](COC)NC(=O)CC/C=C\CN(c4c(C)cccc4C)C(=O)[C@@H]1[C@]21C=C[C@H]3O1. The monoisotopic (exact) mass is 699 g/mol. The number of fused-ring (bicyclic) bond motifs is 2. The van der Waals surface area contributed by atoms with Gasteiger partial charge in [-0.15, -0.1) is 0 Å². The van der Waals surface area contributed by atoms with E-state index >= 15 is 4.79 Å². The average molecular weight is 700 g/mol. The molecule has 0 saturated carbocycles. The van der Waals surface area contributed by atoms with Crippen molar-refractivity contribution in [3.63, 3.8) is 0 Å². The summed E-state index contributed by atoms with van der Waals surface area (Å²) in [5, 5.41) is 13.8. The number of ether oxygens (including phenoxy) is 3. The van der Waals surface area contributed by atoms with E-state index in [1.165, 1.54) is 12.0 Å². The second-order valence-corrected chi connectivity index (χ2v) is 14.2. The number of nitrogens with zero attached hydrogens (tertiary/aromatic N) is 2. The zero-order chi connectivity index (χ0) is 36.4. The zero-order valence-corrected chi connectivity index (χ0v) is 30.0. The molecule has 2 aromatic carbocycles. The van der Waals surface area contributed by atoms with Gasteiger partial charge in [-0.3, -0.25) is 19.2 Å². The highest BCUT2D eigenvalue weighted by molar-refractivity contribution is 6.06. The molecule has 0 radical (unpaired) electrons. The molecular weight excluding hydrogens is 650 g/mol. The van der Waals surface area contributed by atoms with Gasteiger partial charge in [-0.1, -0.05) is 93.1 Å². The fraction of sp³-hybridized carbons (Fsp3) is 0.500. The number of rotatable bonds is 8. The normalized spacial score (nSPS) is 31.3. The third-order valence-electron chi connectivity index (χ3n) is 11.1. The number of anilines is 1. The molecule has 272 valence electrons. The van der Waals surface area contributed by atoms with E-state index in [4.69, 9.17) is 14.2 Å². The van der Waals surface area contributed by atoms with Gasteiger partial charge in [0, 0.05) is 25.8 Å². The third-order valence-corrected chi connectivity index (χ3v) is 11.1. The smallest absolute Gasteiger partial charge is 0.313 e. The second-order valence-electron chi connectivity index (χ2n) is 14.2. The summed E-state index contributed by atoms with van der Waals surface area (Å²) in [7, 11) is 1.51. The lowest BCUT2D eigenvalue weighted by Crippen LogP contribution is -2.60. The number of benzene rings is 2. The average Bonchev–Trinajstić information content (AvgIpc) is 3.77. The maximum Gasteiger partial charge on any atom is 0.313 e. The maximum absolute atomic E-state index is 15.3. The highest BCUT2D eigenvalue weighted by atomic mass is 16.6. The highest BCUT2D eigenvalue weighted by Crippen LogP contribution is 2.57. The number of esters is 1. The van der Waals surface area contributed by atoms with Crippen LogP contribution in [-0.4, -0.2) is 90.4 Å². The predicted molar refractivity (Wildman–Crippen MR) is 190 cm³/mol. The number of aliphatic hydroxyl groups excluding tert-OH is 1. The molecule has 0 aromatic heterocycles. The van der Waals surface area contributed by atoms with Crippen molar-refractivity contribution in [2.24, 2.45) is 17.8 Å². The van der Waals surface area contributed by atoms with Crippen molar-refractivity contribution in [1.29, 1.82) is 0 Å². The van der Waals surface area contributed by atoms with Crippen molar-refractivity contribution in [3.05, 3.63) is 89.5 Å². The Labute approximate surface area is 299 Å². The number of hydrogen-bond acceptors (Lipinski definition) is 8. The summed E-state index contributed by atoms with van der Waals surface area (Å²) in [5.41, 5.74) is 1.63. The summed E-state index contributed by atoms with van der Waals surface area (Å²) in [6.45, 7) is 7.65. The van der Waals surface area contributed by atoms with Gasteiger partial charge >= 0.3 is 5.97 Å². The van der Waals surface area contributed by atoms with Crippen molar-refractivity contribution in [3.8, 4) is 0 Å². The minimum Gasteiger partial charge on any atom is -0.455 e. The molecule has 6 rings (SSSR count). The lowest BCUT2D eigenvalue weighted by atomic mass is 9.74. The number of carbonyl (C=O) groups excluding carboxylic acids is 4. The number of methoxy groups -OCH3 is 1. The predicted octanol–water partition coefficient (Wildman–Crippen LogP) is 3.96. The van der Waals surface area contributed by atoms with E-state index in [2.05, 4.69) is 5.32 Å². The summed E-state index contributed by atoms with van der Waals surface area (Å²) >= 11 is 0. The molecule has 11 heteroatoms. The molecule has 11 nitrogen and oxygen atoms in total. The van der Waals surface area contributed by atoms with E-state index in [-0.39, 0.29) is 43.9 Å². The number of likely N-dealkylation sites (tertiary alicyclic amines) is 1. The molecule has 2 aromatic rings. The first kappa shape index (κ1) is 36.5. The Hall–Kier alpha value is -4.32. The van der Waals surface area contributed by atoms with E-state index in [0.717, 1.165) is 11.1 Å². The molecule has 0 unspecified atom stereocenters. The summed E-state index contributed by atoms with van der Waals surface area (Å²) < 4.78 is 18.5. The molecule has 5 bridgehead atoms. The van der Waals surface area contributed by atoms with E-state index < -0.39 is 59.6 Å². The standard InChI is InChI=1S/C40H49N3O8/c1-6-24(2)29(22-44)43-36-38(47)42(34-25(3)14-13-15-26(34)4)21-12-8-11-18-31(45)41-28(23-49-5)35(27-16-9-7-10-17-27)50-39(48)32-30-19-20-40(36,51-30)33(32)37(43)46/h7-10,12-17,19-20,24,28-30,32-33,35-36,44H,6,11,18,21-23H2,1-5H3,(H,41,45)/b12-8-/t24-,28-,29-,30+,32-,33-,35-,36+,40-/m0/s1. The van der Waals surface area contributed by atoms with E-state index in [0.29, 0.717) is 24.1 Å². The molecule has 4 aliphatic heterocycles. The first-order valence-electron chi connectivity index (χ1n) is 17.9. The minimum atomic E-state index is -1.47. The number of cyclic esters (lactones) is 1. The van der Waals surface area contributed by atoms with Crippen molar-refractivity contribution in [2.75, 3.05) is 31.8 Å². The van der Waals surface area contributed by atoms with Crippen LogP contribution in [0.15, 0.2) is 72.8 Å². The van der Waals surface area contributed by atoms with Crippen molar-refractivity contribution in [1.82, 2.24) is 10.2 Å². The van der Waals surface area contributed by atoms with Gasteiger partial charge in [0.2, 0.25) is 11.8 Å². The van der Waals surface area contributed by atoms with Gasteiger partial charge in [0.25, 0.3) is 5.91 Å². The quantitative estimate of drug-likeness (QED) is 0.313. The number of nitrogens with one attached hydrogen (secondary N) is 1. The van der Waals surface area contributed by atoms with Crippen LogP contribution in [0, 0.1) is 31.6 Å². The van der Waals surface area contributed by atoms with Crippen LogP contribution in [0.25, 0.3) is 0 Å². The van der Waals surface area contributed by atoms with Crippen LogP contribution in [0.4, 0.5) is 5.69 Å². The molecule has 2 N–H and O–H groups in total. The van der Waals surface area contributed by atoms with Crippen LogP contribution in [0.5, 0.6) is 0 Å². The number of carbonyl (C=O) groups is 4. The van der Waals surface area contributed by atoms with E-state index in [1.807, 2.05) is 88.4 Å². The molecule has 4 heterocycles. The summed E-state index contributed by atoms with van der Waals surface area (Å²) in [6, 6.07) is 12.3. The maximum atomic E-state index is 15.3. The lowest BCUT2D eigenvalue weighted by molar-refractivity contribution is -0.162. The Morgan fingerprint density at radius 3 is 2.41 bits per heavy atom. The molecule has 0 aliphatic carbocycles. The Kier molecular flexibility index (Phi) is 10.8. The molecule has 3 amide bonds. The van der Waals surface area contributed by atoms with Crippen LogP contribution in [0.3, 0.4) is 0 Å². The lowest BCUT2D eigenvalue weighted by Gasteiger charge is -2.41. The molecule has 51 heavy (non-hydrogen) atoms. The Balaban J connectivity index is 1.51. The van der Waals surface area contributed by atoms with E-state index in [9.17, 15) is 19.5 Å². The number of para-hydroxylation sites is 1. The first-order valence-corrected chi connectivity index (χ1v) is 17.9. The van der Waals surface area contributed by atoms with Crippen molar-refractivity contribution < 1.29 is 38.5 Å². The fourth-order valence-corrected chi connectivity index (χ4v) is 8.40. The largest absolute Gasteiger partial charge is 0.455 e.